The SMILES string of the molecule is CCc1ccc(C(O)c2coc(C)c2)cc1. The van der Waals surface area contributed by atoms with Crippen molar-refractivity contribution in [3.05, 3.63) is 59.0 Å². The molecular weight excluding hydrogens is 200 g/mol. The van der Waals surface area contributed by atoms with E-state index >= 15 is 0 Å². The van der Waals surface area contributed by atoms with E-state index < -0.39 is 6.10 Å². The molecule has 1 atom stereocenters. The highest BCUT2D eigenvalue weighted by atomic mass is 16.3. The Balaban J connectivity index is 2.23. The standard InChI is InChI=1S/C14H16O2/c1-3-11-4-6-12(7-5-11)14(15)13-8-10(2)16-9-13/h4-9,14-15H,3H2,1-2H3. The summed E-state index contributed by atoms with van der Waals surface area (Å²) in [7, 11) is 0. The van der Waals surface area contributed by atoms with Crippen LogP contribution in [-0.4, -0.2) is 5.11 Å². The first-order valence-corrected chi connectivity index (χ1v) is 5.52. The topological polar surface area (TPSA) is 33.4 Å². The van der Waals surface area contributed by atoms with Crippen molar-refractivity contribution >= 4 is 0 Å². The molecule has 1 aromatic heterocycles. The molecule has 0 aliphatic carbocycles. The minimum absolute atomic E-state index is 0.594. The minimum atomic E-state index is -0.594. The molecule has 1 N–H and O–H groups in total. The molecular formula is C14H16O2. The van der Waals surface area contributed by atoms with E-state index in [0.717, 1.165) is 23.3 Å². The first kappa shape index (κ1) is 11.0. The van der Waals surface area contributed by atoms with Crippen molar-refractivity contribution in [2.45, 2.75) is 26.4 Å². The number of aliphatic hydroxyl groups excluding tert-OH is 1. The van der Waals surface area contributed by atoms with Gasteiger partial charge in [-0.1, -0.05) is 31.2 Å². The summed E-state index contributed by atoms with van der Waals surface area (Å²) in [4.78, 5) is 0. The Labute approximate surface area is 95.5 Å². The molecule has 2 heteroatoms. The van der Waals surface area contributed by atoms with Crippen LogP contribution in [0, 0.1) is 6.92 Å². The fourth-order valence-corrected chi connectivity index (χ4v) is 1.74. The Hall–Kier alpha value is -1.54. The van der Waals surface area contributed by atoms with Gasteiger partial charge in [-0.25, -0.2) is 0 Å². The van der Waals surface area contributed by atoms with Crippen LogP contribution in [0.1, 0.15) is 35.5 Å². The third-order valence-corrected chi connectivity index (χ3v) is 2.77. The average molecular weight is 216 g/mol. The van der Waals surface area contributed by atoms with Crippen LogP contribution in [-0.2, 0) is 6.42 Å². The Kier molecular flexibility index (Phi) is 3.11. The maximum absolute atomic E-state index is 10.1. The average Bonchev–Trinajstić information content (AvgIpc) is 2.75. The molecule has 2 aromatic rings. The zero-order valence-electron chi connectivity index (χ0n) is 9.60. The van der Waals surface area contributed by atoms with Gasteiger partial charge in [-0.3, -0.25) is 0 Å². The predicted octanol–water partition coefficient (Wildman–Crippen LogP) is 3.23. The summed E-state index contributed by atoms with van der Waals surface area (Å²) in [5.74, 6) is 0.819. The third-order valence-electron chi connectivity index (χ3n) is 2.77. The number of furan rings is 1. The van der Waals surface area contributed by atoms with E-state index in [1.807, 2.05) is 37.3 Å². The summed E-state index contributed by atoms with van der Waals surface area (Å²) in [6.45, 7) is 3.99. The second kappa shape index (κ2) is 4.54. The molecule has 0 radical (unpaired) electrons. The molecule has 0 saturated carbocycles. The van der Waals surface area contributed by atoms with Gasteiger partial charge in [0.05, 0.1) is 6.26 Å². The molecule has 0 amide bonds. The smallest absolute Gasteiger partial charge is 0.107 e. The van der Waals surface area contributed by atoms with Crippen LogP contribution in [0.3, 0.4) is 0 Å². The van der Waals surface area contributed by atoms with Crippen molar-refractivity contribution in [3.63, 3.8) is 0 Å². The van der Waals surface area contributed by atoms with Crippen molar-refractivity contribution in [1.29, 1.82) is 0 Å². The van der Waals surface area contributed by atoms with E-state index in [0.29, 0.717) is 0 Å². The summed E-state index contributed by atoms with van der Waals surface area (Å²) in [6.07, 6.45) is 2.03. The minimum Gasteiger partial charge on any atom is -0.469 e. The van der Waals surface area contributed by atoms with Gasteiger partial charge in [0.15, 0.2) is 0 Å². The summed E-state index contributed by atoms with van der Waals surface area (Å²) in [5, 5.41) is 10.1. The molecule has 1 aromatic carbocycles. The van der Waals surface area contributed by atoms with Gasteiger partial charge in [0, 0.05) is 5.56 Å². The predicted molar refractivity (Wildman–Crippen MR) is 63.3 cm³/mol. The number of aliphatic hydroxyl groups is 1. The van der Waals surface area contributed by atoms with Gasteiger partial charge in [0.1, 0.15) is 11.9 Å². The summed E-state index contributed by atoms with van der Waals surface area (Å²) >= 11 is 0. The van der Waals surface area contributed by atoms with Crippen LogP contribution in [0.2, 0.25) is 0 Å². The molecule has 0 aliphatic heterocycles. The first-order chi connectivity index (χ1) is 7.70. The number of hydrogen-bond donors (Lipinski definition) is 1. The van der Waals surface area contributed by atoms with Crippen LogP contribution in [0.5, 0.6) is 0 Å². The first-order valence-electron chi connectivity index (χ1n) is 5.52. The van der Waals surface area contributed by atoms with Crippen molar-refractivity contribution < 1.29 is 9.52 Å². The fourth-order valence-electron chi connectivity index (χ4n) is 1.74. The zero-order valence-corrected chi connectivity index (χ0v) is 9.60. The van der Waals surface area contributed by atoms with Crippen LogP contribution >= 0.6 is 0 Å². The fraction of sp³-hybridized carbons (Fsp3) is 0.286. The Morgan fingerprint density at radius 1 is 1.19 bits per heavy atom. The molecule has 84 valence electrons. The Bertz CT molecular complexity index is 454. The van der Waals surface area contributed by atoms with Crippen molar-refractivity contribution in [3.8, 4) is 0 Å². The maximum Gasteiger partial charge on any atom is 0.107 e. The van der Waals surface area contributed by atoms with Crippen LogP contribution in [0.4, 0.5) is 0 Å². The lowest BCUT2D eigenvalue weighted by molar-refractivity contribution is 0.219. The number of hydrogen-bond acceptors (Lipinski definition) is 2. The van der Waals surface area contributed by atoms with E-state index in [1.165, 1.54) is 5.56 Å². The summed E-state index contributed by atoms with van der Waals surface area (Å²) in [6, 6.07) is 9.88. The van der Waals surface area contributed by atoms with E-state index in [1.54, 1.807) is 6.26 Å². The molecule has 0 spiro atoms. The number of rotatable bonds is 3. The van der Waals surface area contributed by atoms with E-state index in [-0.39, 0.29) is 0 Å². The van der Waals surface area contributed by atoms with Crippen molar-refractivity contribution in [2.75, 3.05) is 0 Å². The normalized spacial score (nSPS) is 12.7. The van der Waals surface area contributed by atoms with Gasteiger partial charge < -0.3 is 9.52 Å². The van der Waals surface area contributed by atoms with Gasteiger partial charge in [0.25, 0.3) is 0 Å². The highest BCUT2D eigenvalue weighted by molar-refractivity contribution is 5.31. The van der Waals surface area contributed by atoms with E-state index in [2.05, 4.69) is 6.92 Å². The monoisotopic (exact) mass is 216 g/mol. The Morgan fingerprint density at radius 2 is 1.88 bits per heavy atom. The molecule has 0 fully saturated rings. The number of aryl methyl sites for hydroxylation is 2. The molecule has 16 heavy (non-hydrogen) atoms. The zero-order chi connectivity index (χ0) is 11.5. The van der Waals surface area contributed by atoms with Crippen LogP contribution in [0.25, 0.3) is 0 Å². The second-order valence-corrected chi connectivity index (χ2v) is 3.99. The van der Waals surface area contributed by atoms with Gasteiger partial charge in [-0.15, -0.1) is 0 Å². The molecule has 2 nitrogen and oxygen atoms in total. The quantitative estimate of drug-likeness (QED) is 0.854. The van der Waals surface area contributed by atoms with Gasteiger partial charge in [-0.2, -0.15) is 0 Å². The van der Waals surface area contributed by atoms with Crippen LogP contribution < -0.4 is 0 Å². The lowest BCUT2D eigenvalue weighted by Gasteiger charge is -2.09. The van der Waals surface area contributed by atoms with Crippen LogP contribution in [0.15, 0.2) is 41.0 Å². The lowest BCUT2D eigenvalue weighted by atomic mass is 10.0. The van der Waals surface area contributed by atoms with Crippen molar-refractivity contribution in [1.82, 2.24) is 0 Å². The van der Waals surface area contributed by atoms with Gasteiger partial charge >= 0.3 is 0 Å². The third kappa shape index (κ3) is 2.17. The maximum atomic E-state index is 10.1. The van der Waals surface area contributed by atoms with Gasteiger partial charge in [-0.05, 0) is 30.5 Å². The van der Waals surface area contributed by atoms with Gasteiger partial charge in [0.2, 0.25) is 0 Å². The summed E-state index contributed by atoms with van der Waals surface area (Å²) in [5.41, 5.74) is 2.99. The lowest BCUT2D eigenvalue weighted by Crippen LogP contribution is -1.97. The Morgan fingerprint density at radius 3 is 2.38 bits per heavy atom. The molecule has 1 unspecified atom stereocenters. The summed E-state index contributed by atoms with van der Waals surface area (Å²) < 4.78 is 5.19. The van der Waals surface area contributed by atoms with E-state index in [4.69, 9.17) is 4.42 Å². The molecule has 0 bridgehead atoms. The molecule has 0 saturated heterocycles. The largest absolute Gasteiger partial charge is 0.469 e. The molecule has 0 aliphatic rings. The number of benzene rings is 1. The molecule has 2 rings (SSSR count). The second-order valence-electron chi connectivity index (χ2n) is 3.99. The highest BCUT2D eigenvalue weighted by Crippen LogP contribution is 2.23. The van der Waals surface area contributed by atoms with E-state index in [9.17, 15) is 5.11 Å². The molecule has 1 heterocycles. The van der Waals surface area contributed by atoms with Crippen molar-refractivity contribution in [2.24, 2.45) is 0 Å². The highest BCUT2D eigenvalue weighted by Gasteiger charge is 2.12.